The van der Waals surface area contributed by atoms with Gasteiger partial charge in [-0.15, -0.1) is 0 Å². The van der Waals surface area contributed by atoms with E-state index in [0.29, 0.717) is 36.7 Å². The molecule has 1 fully saturated rings. The lowest BCUT2D eigenvalue weighted by atomic mass is 10.1. The Labute approximate surface area is 159 Å². The summed E-state index contributed by atoms with van der Waals surface area (Å²) in [7, 11) is 0. The van der Waals surface area contributed by atoms with Crippen molar-refractivity contribution in [2.75, 3.05) is 13.1 Å². The van der Waals surface area contributed by atoms with Crippen LogP contribution in [0.1, 0.15) is 23.2 Å². The zero-order valence-corrected chi connectivity index (χ0v) is 15.2. The van der Waals surface area contributed by atoms with Crippen molar-refractivity contribution in [2.45, 2.75) is 18.9 Å². The number of nitrogens with zero attached hydrogens (tertiary/aromatic N) is 3. The molecular weight excluding hydrogens is 366 g/mol. The highest BCUT2D eigenvalue weighted by Gasteiger charge is 2.26. The molecule has 0 aliphatic carbocycles. The van der Waals surface area contributed by atoms with Crippen LogP contribution in [0.4, 0.5) is 5.69 Å². The van der Waals surface area contributed by atoms with Gasteiger partial charge in [-0.3, -0.25) is 14.9 Å². The summed E-state index contributed by atoms with van der Waals surface area (Å²) in [4.78, 5) is 29.2. The summed E-state index contributed by atoms with van der Waals surface area (Å²) in [5, 5.41) is 11.5. The van der Waals surface area contributed by atoms with Crippen LogP contribution in [0, 0.1) is 10.1 Å². The van der Waals surface area contributed by atoms with Crippen LogP contribution in [0.15, 0.2) is 48.5 Å². The standard InChI is InChI=1S/C19H17N3O4S/c23-18(13-4-3-5-14(12-13)22(24)25)21-10-8-15(9-11-21)26-19-20-16-6-1-2-7-17(16)27-19/h1-7,12,15H,8-11H2. The maximum Gasteiger partial charge on any atom is 0.274 e. The number of benzene rings is 2. The Morgan fingerprint density at radius 2 is 1.96 bits per heavy atom. The average molecular weight is 383 g/mol. The van der Waals surface area contributed by atoms with E-state index in [9.17, 15) is 14.9 Å². The SMILES string of the molecule is O=C(c1cccc([N+](=O)[O-])c1)N1CCC(Oc2nc3ccccc3s2)CC1. The lowest BCUT2D eigenvalue weighted by Gasteiger charge is -2.31. The third-order valence-corrected chi connectivity index (χ3v) is 5.50. The molecular formula is C19H17N3O4S. The van der Waals surface area contributed by atoms with E-state index in [4.69, 9.17) is 4.74 Å². The number of carbonyl (C=O) groups is 1. The van der Waals surface area contributed by atoms with E-state index in [1.165, 1.54) is 29.5 Å². The quantitative estimate of drug-likeness (QED) is 0.504. The molecule has 1 aromatic heterocycles. The Balaban J connectivity index is 1.37. The number of ether oxygens (including phenoxy) is 1. The third-order valence-electron chi connectivity index (χ3n) is 4.57. The second kappa shape index (κ2) is 7.32. The smallest absolute Gasteiger partial charge is 0.274 e. The van der Waals surface area contributed by atoms with Gasteiger partial charge in [-0.05, 0) is 18.2 Å². The highest BCUT2D eigenvalue weighted by Crippen LogP contribution is 2.29. The van der Waals surface area contributed by atoms with E-state index in [2.05, 4.69) is 4.98 Å². The van der Waals surface area contributed by atoms with Crippen molar-refractivity contribution in [1.29, 1.82) is 0 Å². The molecule has 2 aromatic carbocycles. The second-order valence-corrected chi connectivity index (χ2v) is 7.36. The Morgan fingerprint density at radius 1 is 1.19 bits per heavy atom. The molecule has 27 heavy (non-hydrogen) atoms. The zero-order chi connectivity index (χ0) is 18.8. The number of thiazole rings is 1. The molecule has 1 aliphatic heterocycles. The lowest BCUT2D eigenvalue weighted by molar-refractivity contribution is -0.384. The Morgan fingerprint density at radius 3 is 2.70 bits per heavy atom. The van der Waals surface area contributed by atoms with Gasteiger partial charge in [0.25, 0.3) is 16.8 Å². The number of likely N-dealkylation sites (tertiary alicyclic amines) is 1. The number of fused-ring (bicyclic) bond motifs is 1. The van der Waals surface area contributed by atoms with Gasteiger partial charge in [0, 0.05) is 43.6 Å². The van der Waals surface area contributed by atoms with Gasteiger partial charge in [0.1, 0.15) is 6.10 Å². The van der Waals surface area contributed by atoms with Crippen LogP contribution >= 0.6 is 11.3 Å². The molecule has 0 bridgehead atoms. The summed E-state index contributed by atoms with van der Waals surface area (Å²) in [6.45, 7) is 1.11. The molecule has 138 valence electrons. The Hall–Kier alpha value is -3.00. The third kappa shape index (κ3) is 3.75. The molecule has 0 spiro atoms. The van der Waals surface area contributed by atoms with E-state index < -0.39 is 4.92 Å². The first kappa shape index (κ1) is 17.4. The molecule has 4 rings (SSSR count). The summed E-state index contributed by atoms with van der Waals surface area (Å²) >= 11 is 1.52. The predicted octanol–water partition coefficient (Wildman–Crippen LogP) is 3.89. The van der Waals surface area contributed by atoms with Gasteiger partial charge in [0.15, 0.2) is 0 Å². The maximum atomic E-state index is 12.6. The van der Waals surface area contributed by atoms with Crippen molar-refractivity contribution < 1.29 is 14.5 Å². The van der Waals surface area contributed by atoms with E-state index in [-0.39, 0.29) is 17.7 Å². The number of piperidine rings is 1. The molecule has 0 saturated carbocycles. The van der Waals surface area contributed by atoms with E-state index in [1.54, 1.807) is 11.0 Å². The van der Waals surface area contributed by atoms with Gasteiger partial charge in [-0.25, -0.2) is 4.98 Å². The predicted molar refractivity (Wildman–Crippen MR) is 102 cm³/mol. The average Bonchev–Trinajstić information content (AvgIpc) is 3.10. The molecule has 0 unspecified atom stereocenters. The maximum absolute atomic E-state index is 12.6. The van der Waals surface area contributed by atoms with E-state index in [0.717, 1.165) is 10.2 Å². The molecule has 7 nitrogen and oxygen atoms in total. The van der Waals surface area contributed by atoms with Gasteiger partial charge in [-0.2, -0.15) is 0 Å². The molecule has 8 heteroatoms. The molecule has 0 atom stereocenters. The number of hydrogen-bond donors (Lipinski definition) is 0. The number of non-ortho nitro benzene ring substituents is 1. The van der Waals surface area contributed by atoms with Crippen LogP contribution in [-0.4, -0.2) is 39.9 Å². The van der Waals surface area contributed by atoms with Crippen LogP contribution in [0.3, 0.4) is 0 Å². The van der Waals surface area contributed by atoms with Gasteiger partial charge >= 0.3 is 0 Å². The number of para-hydroxylation sites is 1. The molecule has 0 radical (unpaired) electrons. The van der Waals surface area contributed by atoms with Crippen molar-refractivity contribution in [1.82, 2.24) is 9.88 Å². The fourth-order valence-electron chi connectivity index (χ4n) is 3.16. The zero-order valence-electron chi connectivity index (χ0n) is 14.4. The van der Waals surface area contributed by atoms with Crippen molar-refractivity contribution in [3.8, 4) is 5.19 Å². The Kier molecular flexibility index (Phi) is 4.72. The Bertz CT molecular complexity index is 962. The van der Waals surface area contributed by atoms with Crippen LogP contribution in [0.2, 0.25) is 0 Å². The number of nitro groups is 1. The summed E-state index contributed by atoms with van der Waals surface area (Å²) in [6, 6.07) is 13.7. The second-order valence-electron chi connectivity index (χ2n) is 6.36. The summed E-state index contributed by atoms with van der Waals surface area (Å²) in [6.07, 6.45) is 1.42. The summed E-state index contributed by atoms with van der Waals surface area (Å²) in [5.74, 6) is -0.183. The number of amides is 1. The van der Waals surface area contributed by atoms with Crippen molar-refractivity contribution in [2.24, 2.45) is 0 Å². The largest absolute Gasteiger partial charge is 0.467 e. The van der Waals surface area contributed by atoms with Crippen molar-refractivity contribution in [3.63, 3.8) is 0 Å². The van der Waals surface area contributed by atoms with Gasteiger partial charge in [0.05, 0.1) is 15.1 Å². The van der Waals surface area contributed by atoms with Gasteiger partial charge in [-0.1, -0.05) is 29.5 Å². The number of aromatic nitrogens is 1. The molecule has 1 amide bonds. The molecule has 1 saturated heterocycles. The fourth-order valence-corrected chi connectivity index (χ4v) is 4.04. The molecule has 0 N–H and O–H groups in total. The highest BCUT2D eigenvalue weighted by atomic mass is 32.1. The summed E-state index contributed by atoms with van der Waals surface area (Å²) in [5.41, 5.74) is 1.19. The number of nitro benzene ring substituents is 1. The first-order chi connectivity index (χ1) is 13.1. The number of carbonyl (C=O) groups excluding carboxylic acids is 1. The minimum Gasteiger partial charge on any atom is -0.467 e. The van der Waals surface area contributed by atoms with Crippen molar-refractivity contribution >= 4 is 33.1 Å². The van der Waals surface area contributed by atoms with Gasteiger partial charge < -0.3 is 9.64 Å². The summed E-state index contributed by atoms with van der Waals surface area (Å²) < 4.78 is 7.09. The first-order valence-corrected chi connectivity index (χ1v) is 9.48. The minimum absolute atomic E-state index is 0.0136. The molecule has 1 aliphatic rings. The normalized spacial score (nSPS) is 15.0. The van der Waals surface area contributed by atoms with Gasteiger partial charge in [0.2, 0.25) is 0 Å². The molecule has 2 heterocycles. The topological polar surface area (TPSA) is 85.6 Å². The number of rotatable bonds is 4. The fraction of sp³-hybridized carbons (Fsp3) is 0.263. The monoisotopic (exact) mass is 383 g/mol. The van der Waals surface area contributed by atoms with Crippen LogP contribution < -0.4 is 4.74 Å². The van der Waals surface area contributed by atoms with Crippen molar-refractivity contribution in [3.05, 3.63) is 64.2 Å². The highest BCUT2D eigenvalue weighted by molar-refractivity contribution is 7.20. The first-order valence-electron chi connectivity index (χ1n) is 8.66. The molecule has 3 aromatic rings. The van der Waals surface area contributed by atoms with Crippen LogP contribution in [0.25, 0.3) is 10.2 Å². The lowest BCUT2D eigenvalue weighted by Crippen LogP contribution is -2.41. The van der Waals surface area contributed by atoms with E-state index in [1.807, 2.05) is 24.3 Å². The van der Waals surface area contributed by atoms with Crippen LogP contribution in [-0.2, 0) is 0 Å². The number of hydrogen-bond acceptors (Lipinski definition) is 6. The minimum atomic E-state index is -0.491. The van der Waals surface area contributed by atoms with E-state index >= 15 is 0 Å². The van der Waals surface area contributed by atoms with Crippen LogP contribution in [0.5, 0.6) is 5.19 Å².